The number of anilines is 1. The largest absolute Gasteiger partial charge is 0.468 e. The quantitative estimate of drug-likeness (QED) is 0.823. The monoisotopic (exact) mass is 283 g/mol. The van der Waals surface area contributed by atoms with Crippen LogP contribution in [0.2, 0.25) is 0 Å². The number of nitrogens with one attached hydrogen (secondary N) is 1. The van der Waals surface area contributed by atoms with E-state index in [-0.39, 0.29) is 11.9 Å². The zero-order valence-electron chi connectivity index (χ0n) is 12.5. The van der Waals surface area contributed by atoms with E-state index in [1.807, 2.05) is 48.5 Å². The molecule has 0 amide bonds. The minimum Gasteiger partial charge on any atom is -0.468 e. The summed E-state index contributed by atoms with van der Waals surface area (Å²) in [5.41, 5.74) is 3.28. The minimum atomic E-state index is -0.305. The summed E-state index contributed by atoms with van der Waals surface area (Å²) in [5.74, 6) is -0.524. The number of carbonyl (C=O) groups is 1. The molecule has 3 nitrogen and oxygen atoms in total. The van der Waals surface area contributed by atoms with Gasteiger partial charge in [-0.3, -0.25) is 4.79 Å². The van der Waals surface area contributed by atoms with Crippen LogP contribution in [0.5, 0.6) is 0 Å². The van der Waals surface area contributed by atoms with Gasteiger partial charge in [-0.15, -0.1) is 0 Å². The van der Waals surface area contributed by atoms with Crippen LogP contribution in [-0.4, -0.2) is 19.6 Å². The second kappa shape index (κ2) is 7.48. The molecule has 3 heteroatoms. The highest BCUT2D eigenvalue weighted by molar-refractivity contribution is 5.79. The molecule has 0 heterocycles. The lowest BCUT2D eigenvalue weighted by Crippen LogP contribution is -2.22. The number of ether oxygens (including phenoxy) is 1. The Morgan fingerprint density at radius 2 is 1.76 bits per heavy atom. The maximum absolute atomic E-state index is 12.0. The Morgan fingerprint density at radius 1 is 1.10 bits per heavy atom. The predicted molar refractivity (Wildman–Crippen MR) is 85.5 cm³/mol. The average Bonchev–Trinajstić information content (AvgIpc) is 2.56. The number of para-hydroxylation sites is 1. The molecule has 0 radical (unpaired) electrons. The van der Waals surface area contributed by atoms with Crippen LogP contribution in [0.1, 0.15) is 24.0 Å². The molecule has 0 saturated carbocycles. The van der Waals surface area contributed by atoms with Gasteiger partial charge in [-0.2, -0.15) is 0 Å². The van der Waals surface area contributed by atoms with Crippen LogP contribution in [0, 0.1) is 0 Å². The molecule has 1 unspecified atom stereocenters. The summed E-state index contributed by atoms with van der Waals surface area (Å²) in [5, 5.41) is 3.38. The van der Waals surface area contributed by atoms with Gasteiger partial charge in [-0.05, 0) is 23.6 Å². The van der Waals surface area contributed by atoms with Crippen molar-refractivity contribution < 1.29 is 9.53 Å². The average molecular weight is 283 g/mol. The molecule has 0 aliphatic carbocycles. The van der Waals surface area contributed by atoms with Crippen molar-refractivity contribution in [2.24, 2.45) is 0 Å². The van der Waals surface area contributed by atoms with Gasteiger partial charge in [0, 0.05) is 12.2 Å². The fourth-order valence-electron chi connectivity index (χ4n) is 2.38. The third-order valence-electron chi connectivity index (χ3n) is 3.58. The summed E-state index contributed by atoms with van der Waals surface area (Å²) in [6.45, 7) is 2.64. The number of aryl methyl sites for hydroxylation is 1. The molecular formula is C18H21NO2. The highest BCUT2D eigenvalue weighted by Gasteiger charge is 2.21. The van der Waals surface area contributed by atoms with Crippen molar-refractivity contribution in [3.05, 3.63) is 65.7 Å². The molecule has 0 aliphatic heterocycles. The summed E-state index contributed by atoms with van der Waals surface area (Å²) in [7, 11) is 1.43. The second-order valence-corrected chi connectivity index (χ2v) is 4.88. The van der Waals surface area contributed by atoms with Gasteiger partial charge in [0.25, 0.3) is 0 Å². The SMILES string of the molecule is CCc1ccccc1NCC(C(=O)OC)c1ccccc1. The Balaban J connectivity index is 2.15. The van der Waals surface area contributed by atoms with Gasteiger partial charge in [0.1, 0.15) is 0 Å². The predicted octanol–water partition coefficient (Wildman–Crippen LogP) is 3.62. The molecular weight excluding hydrogens is 262 g/mol. The highest BCUT2D eigenvalue weighted by atomic mass is 16.5. The summed E-state index contributed by atoms with van der Waals surface area (Å²) < 4.78 is 4.93. The fraction of sp³-hybridized carbons (Fsp3) is 0.278. The third-order valence-corrected chi connectivity index (χ3v) is 3.58. The van der Waals surface area contributed by atoms with Gasteiger partial charge in [-0.1, -0.05) is 55.5 Å². The zero-order valence-corrected chi connectivity index (χ0v) is 12.5. The van der Waals surface area contributed by atoms with E-state index in [0.29, 0.717) is 6.54 Å². The van der Waals surface area contributed by atoms with Gasteiger partial charge < -0.3 is 10.1 Å². The van der Waals surface area contributed by atoms with Crippen LogP contribution in [0.3, 0.4) is 0 Å². The Kier molecular flexibility index (Phi) is 5.38. The van der Waals surface area contributed by atoms with E-state index in [1.54, 1.807) is 0 Å². The van der Waals surface area contributed by atoms with Crippen LogP contribution < -0.4 is 5.32 Å². The van der Waals surface area contributed by atoms with Crippen LogP contribution in [0.25, 0.3) is 0 Å². The van der Waals surface area contributed by atoms with E-state index in [9.17, 15) is 4.79 Å². The second-order valence-electron chi connectivity index (χ2n) is 4.88. The van der Waals surface area contributed by atoms with E-state index in [4.69, 9.17) is 4.74 Å². The third kappa shape index (κ3) is 3.85. The van der Waals surface area contributed by atoms with Crippen molar-refractivity contribution in [2.75, 3.05) is 19.0 Å². The van der Waals surface area contributed by atoms with Crippen molar-refractivity contribution in [1.29, 1.82) is 0 Å². The molecule has 1 N–H and O–H groups in total. The lowest BCUT2D eigenvalue weighted by Gasteiger charge is -2.18. The first-order valence-corrected chi connectivity index (χ1v) is 7.20. The van der Waals surface area contributed by atoms with Crippen molar-refractivity contribution in [3.63, 3.8) is 0 Å². The Hall–Kier alpha value is -2.29. The lowest BCUT2D eigenvalue weighted by atomic mass is 9.99. The van der Waals surface area contributed by atoms with Gasteiger partial charge in [-0.25, -0.2) is 0 Å². The number of carbonyl (C=O) groups excluding carboxylic acids is 1. The smallest absolute Gasteiger partial charge is 0.314 e. The molecule has 0 saturated heterocycles. The minimum absolute atomic E-state index is 0.220. The van der Waals surface area contributed by atoms with E-state index < -0.39 is 0 Å². The first-order valence-electron chi connectivity index (χ1n) is 7.20. The van der Waals surface area contributed by atoms with E-state index in [2.05, 4.69) is 18.3 Å². The Labute approximate surface area is 126 Å². The van der Waals surface area contributed by atoms with E-state index >= 15 is 0 Å². The summed E-state index contributed by atoms with van der Waals surface area (Å²) in [4.78, 5) is 12.0. The summed E-state index contributed by atoms with van der Waals surface area (Å²) in [6.07, 6.45) is 0.956. The molecule has 21 heavy (non-hydrogen) atoms. The van der Waals surface area contributed by atoms with Crippen molar-refractivity contribution in [1.82, 2.24) is 0 Å². The number of rotatable bonds is 6. The van der Waals surface area contributed by atoms with Crippen molar-refractivity contribution in [2.45, 2.75) is 19.3 Å². The number of methoxy groups -OCH3 is 1. The van der Waals surface area contributed by atoms with Crippen LogP contribution in [-0.2, 0) is 16.0 Å². The molecule has 110 valence electrons. The molecule has 2 aromatic rings. The summed E-state index contributed by atoms with van der Waals surface area (Å²) >= 11 is 0. The first-order chi connectivity index (χ1) is 10.3. The number of esters is 1. The molecule has 1 atom stereocenters. The van der Waals surface area contributed by atoms with Crippen LogP contribution in [0.15, 0.2) is 54.6 Å². The number of benzene rings is 2. The molecule has 0 spiro atoms. The molecule has 0 aromatic heterocycles. The van der Waals surface area contributed by atoms with Gasteiger partial charge in [0.2, 0.25) is 0 Å². The highest BCUT2D eigenvalue weighted by Crippen LogP contribution is 2.21. The molecule has 2 aromatic carbocycles. The van der Waals surface area contributed by atoms with Gasteiger partial charge >= 0.3 is 5.97 Å². The number of hydrogen-bond donors (Lipinski definition) is 1. The Bertz CT molecular complexity index is 581. The van der Waals surface area contributed by atoms with E-state index in [0.717, 1.165) is 17.7 Å². The molecule has 2 rings (SSSR count). The fourth-order valence-corrected chi connectivity index (χ4v) is 2.38. The summed E-state index contributed by atoms with van der Waals surface area (Å²) in [6, 6.07) is 17.9. The van der Waals surface area contributed by atoms with Gasteiger partial charge in [0.05, 0.1) is 13.0 Å². The van der Waals surface area contributed by atoms with Crippen LogP contribution >= 0.6 is 0 Å². The maximum Gasteiger partial charge on any atom is 0.314 e. The van der Waals surface area contributed by atoms with E-state index in [1.165, 1.54) is 12.7 Å². The van der Waals surface area contributed by atoms with Crippen LogP contribution in [0.4, 0.5) is 5.69 Å². The molecule has 0 fully saturated rings. The van der Waals surface area contributed by atoms with Crippen molar-refractivity contribution in [3.8, 4) is 0 Å². The first kappa shape index (κ1) is 15.1. The Morgan fingerprint density at radius 3 is 2.43 bits per heavy atom. The molecule has 0 aliphatic rings. The lowest BCUT2D eigenvalue weighted by molar-refractivity contribution is -0.142. The zero-order chi connectivity index (χ0) is 15.1. The normalized spacial score (nSPS) is 11.7. The maximum atomic E-state index is 12.0. The number of hydrogen-bond acceptors (Lipinski definition) is 3. The van der Waals surface area contributed by atoms with Gasteiger partial charge in [0.15, 0.2) is 0 Å². The topological polar surface area (TPSA) is 38.3 Å². The standard InChI is InChI=1S/C18H21NO2/c1-3-14-9-7-8-12-17(14)19-13-16(18(20)21-2)15-10-5-4-6-11-15/h4-12,16,19H,3,13H2,1-2H3. The van der Waals surface area contributed by atoms with Crippen molar-refractivity contribution >= 4 is 11.7 Å². The molecule has 0 bridgehead atoms.